The van der Waals surface area contributed by atoms with Gasteiger partial charge in [0.2, 0.25) is 0 Å². The molecular formula is C15H14O3. The molecule has 0 fully saturated rings. The molecule has 0 bridgehead atoms. The van der Waals surface area contributed by atoms with Crippen LogP contribution in [0.15, 0.2) is 36.4 Å². The van der Waals surface area contributed by atoms with Gasteiger partial charge in [0, 0.05) is 11.6 Å². The Balaban J connectivity index is 2.29. The van der Waals surface area contributed by atoms with Crippen LogP contribution in [0.2, 0.25) is 0 Å². The molecule has 2 aromatic carbocycles. The molecule has 0 aliphatic rings. The van der Waals surface area contributed by atoms with E-state index in [0.717, 1.165) is 5.56 Å². The van der Waals surface area contributed by atoms with Crippen LogP contribution in [0.3, 0.4) is 0 Å². The summed E-state index contributed by atoms with van der Waals surface area (Å²) in [6.45, 7) is 1.90. The third kappa shape index (κ3) is 2.83. The minimum Gasteiger partial charge on any atom is -0.508 e. The van der Waals surface area contributed by atoms with E-state index < -0.39 is 0 Å². The Morgan fingerprint density at radius 2 is 1.50 bits per heavy atom. The van der Waals surface area contributed by atoms with Gasteiger partial charge < -0.3 is 15.3 Å². The summed E-state index contributed by atoms with van der Waals surface area (Å²) in [4.78, 5) is 0. The predicted molar refractivity (Wildman–Crippen MR) is 71.5 cm³/mol. The first-order chi connectivity index (χ1) is 8.54. The predicted octanol–water partition coefficient (Wildman–Crippen LogP) is 3.28. The Hall–Kier alpha value is -2.42. The molecule has 0 saturated heterocycles. The zero-order valence-corrected chi connectivity index (χ0v) is 9.96. The molecule has 0 unspecified atom stereocenters. The summed E-state index contributed by atoms with van der Waals surface area (Å²) in [6.07, 6.45) is 3.44. The van der Waals surface area contributed by atoms with E-state index in [-0.39, 0.29) is 17.2 Å². The fourth-order valence-electron chi connectivity index (χ4n) is 1.69. The van der Waals surface area contributed by atoms with Crippen molar-refractivity contribution in [3.8, 4) is 17.2 Å². The van der Waals surface area contributed by atoms with Crippen molar-refractivity contribution in [1.29, 1.82) is 0 Å². The lowest BCUT2D eigenvalue weighted by Gasteiger charge is -2.01. The second-order valence-electron chi connectivity index (χ2n) is 4.18. The number of hydrogen-bond acceptors (Lipinski definition) is 3. The molecule has 0 saturated carbocycles. The van der Waals surface area contributed by atoms with E-state index >= 15 is 0 Å². The van der Waals surface area contributed by atoms with Gasteiger partial charge in [-0.1, -0.05) is 24.3 Å². The number of aromatic hydroxyl groups is 3. The van der Waals surface area contributed by atoms with Crippen molar-refractivity contribution in [2.24, 2.45) is 0 Å². The third-order valence-electron chi connectivity index (χ3n) is 2.57. The van der Waals surface area contributed by atoms with Gasteiger partial charge in [0.05, 0.1) is 0 Å². The smallest absolute Gasteiger partial charge is 0.123 e. The van der Waals surface area contributed by atoms with E-state index in [1.165, 1.54) is 18.2 Å². The fourth-order valence-corrected chi connectivity index (χ4v) is 1.69. The van der Waals surface area contributed by atoms with Gasteiger partial charge in [0.1, 0.15) is 17.2 Å². The van der Waals surface area contributed by atoms with Crippen molar-refractivity contribution in [2.75, 3.05) is 0 Å². The van der Waals surface area contributed by atoms with E-state index in [1.807, 2.05) is 19.1 Å². The van der Waals surface area contributed by atoms with Crippen LogP contribution in [0.1, 0.15) is 16.7 Å². The molecule has 0 heterocycles. The SMILES string of the molecule is Cc1ccc(/C=C/c2cc(O)cc(O)c2)c(O)c1. The van der Waals surface area contributed by atoms with E-state index in [4.69, 9.17) is 0 Å². The minimum absolute atomic E-state index is 0.00257. The molecule has 18 heavy (non-hydrogen) atoms. The Bertz CT molecular complexity index is 580. The highest BCUT2D eigenvalue weighted by Crippen LogP contribution is 2.24. The highest BCUT2D eigenvalue weighted by atomic mass is 16.3. The first-order valence-corrected chi connectivity index (χ1v) is 5.55. The normalized spacial score (nSPS) is 10.9. The summed E-state index contributed by atoms with van der Waals surface area (Å²) in [6, 6.07) is 9.71. The van der Waals surface area contributed by atoms with E-state index in [1.54, 1.807) is 18.2 Å². The maximum atomic E-state index is 9.73. The summed E-state index contributed by atoms with van der Waals surface area (Å²) in [5.74, 6) is 0.209. The Kier molecular flexibility index (Phi) is 3.24. The van der Waals surface area contributed by atoms with Crippen molar-refractivity contribution in [3.63, 3.8) is 0 Å². The monoisotopic (exact) mass is 242 g/mol. The minimum atomic E-state index is 0.00257. The zero-order chi connectivity index (χ0) is 13.1. The number of hydrogen-bond donors (Lipinski definition) is 3. The Labute approximate surface area is 105 Å². The molecule has 2 rings (SSSR count). The van der Waals surface area contributed by atoms with Crippen LogP contribution in [0.4, 0.5) is 0 Å². The van der Waals surface area contributed by atoms with Crippen LogP contribution in [0, 0.1) is 6.92 Å². The lowest BCUT2D eigenvalue weighted by atomic mass is 10.1. The highest BCUT2D eigenvalue weighted by Gasteiger charge is 1.99. The molecule has 0 amide bonds. The number of rotatable bonds is 2. The molecule has 0 spiro atoms. The molecule has 92 valence electrons. The molecule has 0 aromatic heterocycles. The second-order valence-corrected chi connectivity index (χ2v) is 4.18. The fraction of sp³-hybridized carbons (Fsp3) is 0.0667. The average Bonchev–Trinajstić information content (AvgIpc) is 2.26. The Morgan fingerprint density at radius 3 is 2.11 bits per heavy atom. The molecule has 0 radical (unpaired) electrons. The summed E-state index contributed by atoms with van der Waals surface area (Å²) in [7, 11) is 0. The van der Waals surface area contributed by atoms with E-state index in [9.17, 15) is 15.3 Å². The molecule has 3 heteroatoms. The quantitative estimate of drug-likeness (QED) is 0.708. The van der Waals surface area contributed by atoms with Crippen molar-refractivity contribution in [2.45, 2.75) is 6.92 Å². The van der Waals surface area contributed by atoms with Gasteiger partial charge in [-0.2, -0.15) is 0 Å². The van der Waals surface area contributed by atoms with E-state index in [2.05, 4.69) is 0 Å². The van der Waals surface area contributed by atoms with Crippen LogP contribution in [-0.4, -0.2) is 15.3 Å². The zero-order valence-electron chi connectivity index (χ0n) is 9.96. The topological polar surface area (TPSA) is 60.7 Å². The number of phenols is 3. The lowest BCUT2D eigenvalue weighted by molar-refractivity contribution is 0.450. The largest absolute Gasteiger partial charge is 0.508 e. The second kappa shape index (κ2) is 4.84. The summed E-state index contributed by atoms with van der Waals surface area (Å²) < 4.78 is 0. The highest BCUT2D eigenvalue weighted by molar-refractivity contribution is 5.73. The van der Waals surface area contributed by atoms with Gasteiger partial charge in [-0.25, -0.2) is 0 Å². The summed E-state index contributed by atoms with van der Waals surface area (Å²) >= 11 is 0. The molecule has 3 nitrogen and oxygen atoms in total. The van der Waals surface area contributed by atoms with Crippen LogP contribution >= 0.6 is 0 Å². The van der Waals surface area contributed by atoms with Crippen molar-refractivity contribution >= 4 is 12.2 Å². The molecule has 2 aromatic rings. The van der Waals surface area contributed by atoms with Crippen LogP contribution in [0.5, 0.6) is 17.2 Å². The van der Waals surface area contributed by atoms with Crippen molar-refractivity contribution < 1.29 is 15.3 Å². The van der Waals surface area contributed by atoms with Gasteiger partial charge in [-0.3, -0.25) is 0 Å². The molecular weight excluding hydrogens is 228 g/mol. The lowest BCUT2D eigenvalue weighted by Crippen LogP contribution is -1.78. The first-order valence-electron chi connectivity index (χ1n) is 5.55. The maximum absolute atomic E-state index is 9.73. The third-order valence-corrected chi connectivity index (χ3v) is 2.57. The first kappa shape index (κ1) is 12.0. The standard InChI is InChI=1S/C15H14O3/c1-10-2-4-12(15(18)6-10)5-3-11-7-13(16)9-14(17)8-11/h2-9,16-18H,1H3/b5-3+. The van der Waals surface area contributed by atoms with Crippen molar-refractivity contribution in [3.05, 3.63) is 53.1 Å². The number of phenolic OH excluding ortho intramolecular Hbond substituents is 3. The number of aryl methyl sites for hydroxylation is 1. The van der Waals surface area contributed by atoms with E-state index in [0.29, 0.717) is 11.1 Å². The molecule has 0 aliphatic carbocycles. The van der Waals surface area contributed by atoms with Crippen LogP contribution < -0.4 is 0 Å². The van der Waals surface area contributed by atoms with Gasteiger partial charge >= 0.3 is 0 Å². The Morgan fingerprint density at radius 1 is 0.833 bits per heavy atom. The molecule has 0 aliphatic heterocycles. The average molecular weight is 242 g/mol. The van der Waals surface area contributed by atoms with Gasteiger partial charge in [-0.05, 0) is 36.2 Å². The van der Waals surface area contributed by atoms with Crippen LogP contribution in [-0.2, 0) is 0 Å². The van der Waals surface area contributed by atoms with Crippen LogP contribution in [0.25, 0.3) is 12.2 Å². The summed E-state index contributed by atoms with van der Waals surface area (Å²) in [5.41, 5.74) is 2.33. The summed E-state index contributed by atoms with van der Waals surface area (Å²) in [5, 5.41) is 28.4. The molecule has 0 atom stereocenters. The van der Waals surface area contributed by atoms with Gasteiger partial charge in [0.25, 0.3) is 0 Å². The van der Waals surface area contributed by atoms with Gasteiger partial charge in [0.15, 0.2) is 0 Å². The van der Waals surface area contributed by atoms with Gasteiger partial charge in [-0.15, -0.1) is 0 Å². The molecule has 3 N–H and O–H groups in total. The maximum Gasteiger partial charge on any atom is 0.123 e. The van der Waals surface area contributed by atoms with Crippen molar-refractivity contribution in [1.82, 2.24) is 0 Å². The number of benzene rings is 2.